The number of nitrogens with zero attached hydrogens (tertiary/aromatic N) is 1. The maximum atomic E-state index is 13.3. The fourth-order valence-electron chi connectivity index (χ4n) is 3.32. The summed E-state index contributed by atoms with van der Waals surface area (Å²) in [5.74, 6) is -0.854. The Kier molecular flexibility index (Phi) is 7.41. The van der Waals surface area contributed by atoms with Crippen LogP contribution in [-0.4, -0.2) is 26.6 Å². The third kappa shape index (κ3) is 5.56. The predicted octanol–water partition coefficient (Wildman–Crippen LogP) is 4.25. The van der Waals surface area contributed by atoms with Crippen LogP contribution in [0.4, 0.5) is 10.1 Å². The molecule has 0 aromatic heterocycles. The third-order valence-corrected chi connectivity index (χ3v) is 6.25. The molecular formula is C22H29FN2O3S. The van der Waals surface area contributed by atoms with Crippen molar-refractivity contribution in [2.45, 2.75) is 52.6 Å². The molecule has 2 aromatic carbocycles. The Bertz CT molecular complexity index is 959. The van der Waals surface area contributed by atoms with E-state index < -0.39 is 21.9 Å². The van der Waals surface area contributed by atoms with Crippen LogP contribution < -0.4 is 9.62 Å². The molecule has 0 aliphatic heterocycles. The molecule has 0 fully saturated rings. The summed E-state index contributed by atoms with van der Waals surface area (Å²) in [6, 6.07) is 9.97. The van der Waals surface area contributed by atoms with Crippen molar-refractivity contribution in [3.8, 4) is 0 Å². The van der Waals surface area contributed by atoms with Gasteiger partial charge in [0.15, 0.2) is 0 Å². The largest absolute Gasteiger partial charge is 0.347 e. The van der Waals surface area contributed by atoms with E-state index in [0.717, 1.165) is 21.7 Å². The molecule has 0 bridgehead atoms. The molecule has 5 nitrogen and oxygen atoms in total. The number of carbonyl (C=O) groups excluding carboxylic acids is 1. The second-order valence-corrected chi connectivity index (χ2v) is 9.13. The first-order chi connectivity index (χ1) is 13.6. The lowest BCUT2D eigenvalue weighted by molar-refractivity contribution is -0.123. The molecule has 1 N–H and O–H groups in total. The molecule has 29 heavy (non-hydrogen) atoms. The molecule has 0 unspecified atom stereocenters. The van der Waals surface area contributed by atoms with Crippen molar-refractivity contribution in [1.29, 1.82) is 0 Å². The normalized spacial score (nSPS) is 13.6. The molecule has 7 heteroatoms. The van der Waals surface area contributed by atoms with Gasteiger partial charge in [0.2, 0.25) is 15.9 Å². The molecule has 0 aliphatic rings. The van der Waals surface area contributed by atoms with Crippen LogP contribution in [0.2, 0.25) is 0 Å². The predicted molar refractivity (Wildman–Crippen MR) is 115 cm³/mol. The maximum Gasteiger partial charge on any atom is 0.244 e. The van der Waals surface area contributed by atoms with Crippen molar-refractivity contribution < 1.29 is 17.6 Å². The smallest absolute Gasteiger partial charge is 0.244 e. The highest BCUT2D eigenvalue weighted by molar-refractivity contribution is 7.92. The lowest BCUT2D eigenvalue weighted by atomic mass is 9.99. The molecule has 0 saturated heterocycles. The lowest BCUT2D eigenvalue weighted by Crippen LogP contribution is -2.50. The topological polar surface area (TPSA) is 66.5 Å². The SMILES string of the molecule is CC[C@H](C(=O)N[C@H](CC)c1ccc(C)c(C)c1)N(c1ccc(F)cc1)S(C)(=O)=O. The van der Waals surface area contributed by atoms with Gasteiger partial charge in [-0.05, 0) is 67.6 Å². The highest BCUT2D eigenvalue weighted by atomic mass is 32.2. The Morgan fingerprint density at radius 1 is 1.03 bits per heavy atom. The van der Waals surface area contributed by atoms with E-state index in [0.29, 0.717) is 6.42 Å². The lowest BCUT2D eigenvalue weighted by Gasteiger charge is -2.31. The van der Waals surface area contributed by atoms with Gasteiger partial charge in [0, 0.05) is 0 Å². The average Bonchev–Trinajstić information content (AvgIpc) is 2.66. The van der Waals surface area contributed by atoms with Crippen molar-refractivity contribution in [1.82, 2.24) is 5.32 Å². The Labute approximate surface area is 173 Å². The zero-order valence-corrected chi connectivity index (χ0v) is 18.4. The number of hydrogen-bond donors (Lipinski definition) is 1. The Balaban J connectivity index is 2.34. The van der Waals surface area contributed by atoms with Crippen LogP contribution >= 0.6 is 0 Å². The van der Waals surface area contributed by atoms with Crippen molar-refractivity contribution >= 4 is 21.6 Å². The van der Waals surface area contributed by atoms with Gasteiger partial charge in [-0.1, -0.05) is 32.0 Å². The molecule has 0 spiro atoms. The molecule has 0 heterocycles. The van der Waals surface area contributed by atoms with E-state index >= 15 is 0 Å². The summed E-state index contributed by atoms with van der Waals surface area (Å²) in [4.78, 5) is 13.1. The van der Waals surface area contributed by atoms with Gasteiger partial charge in [-0.25, -0.2) is 12.8 Å². The minimum absolute atomic E-state index is 0.231. The highest BCUT2D eigenvalue weighted by Gasteiger charge is 2.32. The van der Waals surface area contributed by atoms with Crippen LogP contribution in [0.15, 0.2) is 42.5 Å². The van der Waals surface area contributed by atoms with E-state index in [-0.39, 0.29) is 24.1 Å². The van der Waals surface area contributed by atoms with Gasteiger partial charge in [0.1, 0.15) is 11.9 Å². The number of aryl methyl sites for hydroxylation is 2. The number of hydrogen-bond acceptors (Lipinski definition) is 3. The van der Waals surface area contributed by atoms with Gasteiger partial charge < -0.3 is 5.32 Å². The first-order valence-corrected chi connectivity index (χ1v) is 11.6. The quantitative estimate of drug-likeness (QED) is 0.694. The van der Waals surface area contributed by atoms with Crippen LogP contribution in [0.5, 0.6) is 0 Å². The van der Waals surface area contributed by atoms with Crippen molar-refractivity contribution in [2.24, 2.45) is 0 Å². The first-order valence-electron chi connectivity index (χ1n) is 9.71. The summed E-state index contributed by atoms with van der Waals surface area (Å²) >= 11 is 0. The number of nitrogens with one attached hydrogen (secondary N) is 1. The average molecular weight is 421 g/mol. The molecule has 0 radical (unpaired) electrons. The van der Waals surface area contributed by atoms with Gasteiger partial charge in [0.25, 0.3) is 0 Å². The van der Waals surface area contributed by atoms with Crippen molar-refractivity contribution in [2.75, 3.05) is 10.6 Å². The second kappa shape index (κ2) is 9.39. The summed E-state index contributed by atoms with van der Waals surface area (Å²) in [5, 5.41) is 3.00. The standard InChI is InChI=1S/C22H29FN2O3S/c1-6-20(17-9-8-15(3)16(4)14-17)24-22(26)21(7-2)25(29(5,27)28)19-12-10-18(23)11-13-19/h8-14,20-21H,6-7H2,1-5H3,(H,24,26)/t20-,21-/m1/s1. The number of halogens is 1. The van der Waals surface area contributed by atoms with E-state index in [1.807, 2.05) is 39.0 Å². The zero-order chi connectivity index (χ0) is 21.8. The number of carbonyl (C=O) groups is 1. The molecule has 158 valence electrons. The van der Waals surface area contributed by atoms with Gasteiger partial charge in [0.05, 0.1) is 18.0 Å². The minimum Gasteiger partial charge on any atom is -0.347 e. The van der Waals surface area contributed by atoms with Crippen LogP contribution in [-0.2, 0) is 14.8 Å². The summed E-state index contributed by atoms with van der Waals surface area (Å²) in [7, 11) is -3.76. The molecule has 0 saturated carbocycles. The van der Waals surface area contributed by atoms with E-state index in [1.165, 1.54) is 29.8 Å². The molecular weight excluding hydrogens is 391 g/mol. The Morgan fingerprint density at radius 3 is 2.14 bits per heavy atom. The van der Waals surface area contributed by atoms with E-state index in [2.05, 4.69) is 5.32 Å². The van der Waals surface area contributed by atoms with E-state index in [1.54, 1.807) is 6.92 Å². The molecule has 2 rings (SSSR count). The third-order valence-electron chi connectivity index (χ3n) is 5.07. The van der Waals surface area contributed by atoms with E-state index in [4.69, 9.17) is 0 Å². The molecule has 0 aliphatic carbocycles. The van der Waals surface area contributed by atoms with Crippen LogP contribution in [0, 0.1) is 19.7 Å². The monoisotopic (exact) mass is 420 g/mol. The van der Waals surface area contributed by atoms with Crippen LogP contribution in [0.1, 0.15) is 49.4 Å². The zero-order valence-electron chi connectivity index (χ0n) is 17.6. The fraction of sp³-hybridized carbons (Fsp3) is 0.409. The fourth-order valence-corrected chi connectivity index (χ4v) is 4.53. The Hall–Kier alpha value is -2.41. The van der Waals surface area contributed by atoms with Gasteiger partial charge in [-0.2, -0.15) is 0 Å². The van der Waals surface area contributed by atoms with Crippen LogP contribution in [0.25, 0.3) is 0 Å². The van der Waals surface area contributed by atoms with Crippen LogP contribution in [0.3, 0.4) is 0 Å². The molecule has 1 amide bonds. The summed E-state index contributed by atoms with van der Waals surface area (Å²) < 4.78 is 39.3. The number of sulfonamides is 1. The summed E-state index contributed by atoms with van der Waals surface area (Å²) in [5.41, 5.74) is 3.54. The first kappa shape index (κ1) is 22.9. The van der Waals surface area contributed by atoms with Crippen molar-refractivity contribution in [3.63, 3.8) is 0 Å². The Morgan fingerprint density at radius 2 is 1.66 bits per heavy atom. The number of benzene rings is 2. The minimum atomic E-state index is -3.76. The number of rotatable bonds is 8. The highest BCUT2D eigenvalue weighted by Crippen LogP contribution is 2.25. The summed E-state index contributed by atoms with van der Waals surface area (Å²) in [6.07, 6.45) is 1.99. The van der Waals surface area contributed by atoms with E-state index in [9.17, 15) is 17.6 Å². The summed E-state index contributed by atoms with van der Waals surface area (Å²) in [6.45, 7) is 7.76. The molecule has 2 aromatic rings. The van der Waals surface area contributed by atoms with Gasteiger partial charge in [-0.15, -0.1) is 0 Å². The van der Waals surface area contributed by atoms with Gasteiger partial charge >= 0.3 is 0 Å². The number of amides is 1. The molecule has 2 atom stereocenters. The maximum absolute atomic E-state index is 13.3. The van der Waals surface area contributed by atoms with Crippen molar-refractivity contribution in [3.05, 3.63) is 65.0 Å². The second-order valence-electron chi connectivity index (χ2n) is 7.27. The number of anilines is 1. The van der Waals surface area contributed by atoms with Gasteiger partial charge in [-0.3, -0.25) is 9.10 Å².